The molecule has 0 radical (unpaired) electrons. The molecule has 114 valence electrons. The first-order chi connectivity index (χ1) is 10.2. The zero-order chi connectivity index (χ0) is 15.1. The van der Waals surface area contributed by atoms with E-state index < -0.39 is 0 Å². The van der Waals surface area contributed by atoms with Gasteiger partial charge in [0, 0.05) is 10.5 Å². The van der Waals surface area contributed by atoms with Crippen molar-refractivity contribution in [3.05, 3.63) is 50.6 Å². The molecule has 1 unspecified atom stereocenters. The van der Waals surface area contributed by atoms with Crippen molar-refractivity contribution in [2.45, 2.75) is 39.3 Å². The monoisotopic (exact) mass is 367 g/mol. The van der Waals surface area contributed by atoms with E-state index in [1.165, 1.54) is 16.9 Å². The number of rotatable bonds is 8. The Bertz CT molecular complexity index is 538. The lowest BCUT2D eigenvalue weighted by Crippen LogP contribution is -2.28. The van der Waals surface area contributed by atoms with Crippen LogP contribution in [0.5, 0.6) is 5.75 Å². The Kier molecular flexibility index (Phi) is 6.74. The van der Waals surface area contributed by atoms with E-state index in [4.69, 9.17) is 4.74 Å². The van der Waals surface area contributed by atoms with Crippen LogP contribution >= 0.6 is 27.3 Å². The first-order valence-corrected chi connectivity index (χ1v) is 9.03. The molecule has 0 bridgehead atoms. The second kappa shape index (κ2) is 8.57. The summed E-state index contributed by atoms with van der Waals surface area (Å²) in [5, 5.41) is 5.58. The third-order valence-corrected chi connectivity index (χ3v) is 5.17. The van der Waals surface area contributed by atoms with Crippen LogP contribution in [0.3, 0.4) is 0 Å². The second-order valence-corrected chi connectivity index (χ2v) is 7.04. The largest absolute Gasteiger partial charge is 0.488 e. The van der Waals surface area contributed by atoms with Crippen molar-refractivity contribution >= 4 is 27.3 Å². The molecule has 1 heterocycles. The van der Waals surface area contributed by atoms with Gasteiger partial charge in [-0.15, -0.1) is 11.3 Å². The van der Waals surface area contributed by atoms with E-state index in [-0.39, 0.29) is 0 Å². The van der Waals surface area contributed by atoms with Crippen LogP contribution in [0.4, 0.5) is 0 Å². The molecule has 0 aliphatic heterocycles. The van der Waals surface area contributed by atoms with Crippen LogP contribution < -0.4 is 10.1 Å². The van der Waals surface area contributed by atoms with Gasteiger partial charge in [0.05, 0.1) is 4.88 Å². The van der Waals surface area contributed by atoms with E-state index in [0.29, 0.717) is 12.6 Å². The highest BCUT2D eigenvalue weighted by Gasteiger charge is 2.04. The van der Waals surface area contributed by atoms with Gasteiger partial charge in [-0.05, 0) is 71.4 Å². The van der Waals surface area contributed by atoms with Gasteiger partial charge in [-0.25, -0.2) is 0 Å². The molecule has 0 saturated heterocycles. The topological polar surface area (TPSA) is 21.3 Å². The summed E-state index contributed by atoms with van der Waals surface area (Å²) < 4.78 is 6.95. The van der Waals surface area contributed by atoms with Gasteiger partial charge in [-0.2, -0.15) is 0 Å². The minimum absolute atomic E-state index is 0.513. The third kappa shape index (κ3) is 5.46. The van der Waals surface area contributed by atoms with Crippen molar-refractivity contribution in [1.82, 2.24) is 5.32 Å². The number of hydrogen-bond acceptors (Lipinski definition) is 3. The summed E-state index contributed by atoms with van der Waals surface area (Å²) in [5.41, 5.74) is 1.34. The summed E-state index contributed by atoms with van der Waals surface area (Å²) >= 11 is 5.23. The standard InChI is InChI=1S/C17H22BrNOS/c1-3-9-19-13(2)11-14-4-6-15(7-5-14)20-12-17-16(18)8-10-21-17/h4-8,10,13,19H,3,9,11-12H2,1-2H3. The number of ether oxygens (including phenoxy) is 1. The Hall–Kier alpha value is -0.840. The van der Waals surface area contributed by atoms with Gasteiger partial charge in [0.2, 0.25) is 0 Å². The van der Waals surface area contributed by atoms with Crippen molar-refractivity contribution in [2.24, 2.45) is 0 Å². The van der Waals surface area contributed by atoms with Gasteiger partial charge in [0.1, 0.15) is 12.4 Å². The summed E-state index contributed by atoms with van der Waals surface area (Å²) in [6.45, 7) is 6.12. The molecular formula is C17H22BrNOS. The van der Waals surface area contributed by atoms with Gasteiger partial charge in [0.25, 0.3) is 0 Å². The maximum Gasteiger partial charge on any atom is 0.124 e. The quantitative estimate of drug-likeness (QED) is 0.706. The van der Waals surface area contributed by atoms with Crippen LogP contribution in [0.15, 0.2) is 40.2 Å². The van der Waals surface area contributed by atoms with E-state index in [0.717, 1.165) is 23.2 Å². The zero-order valence-electron chi connectivity index (χ0n) is 12.6. The summed E-state index contributed by atoms with van der Waals surface area (Å²) in [5.74, 6) is 0.924. The van der Waals surface area contributed by atoms with E-state index in [2.05, 4.69) is 70.8 Å². The average Bonchev–Trinajstić information content (AvgIpc) is 2.90. The fourth-order valence-electron chi connectivity index (χ4n) is 2.12. The van der Waals surface area contributed by atoms with E-state index in [9.17, 15) is 0 Å². The summed E-state index contributed by atoms with van der Waals surface area (Å²) in [7, 11) is 0. The summed E-state index contributed by atoms with van der Waals surface area (Å²) in [6, 6.07) is 11.0. The molecule has 4 heteroatoms. The van der Waals surface area contributed by atoms with E-state index >= 15 is 0 Å². The molecule has 1 atom stereocenters. The number of hydrogen-bond donors (Lipinski definition) is 1. The normalized spacial score (nSPS) is 12.3. The SMILES string of the molecule is CCCNC(C)Cc1ccc(OCc2sccc2Br)cc1. The van der Waals surface area contributed by atoms with Gasteiger partial charge >= 0.3 is 0 Å². The molecule has 0 amide bonds. The Morgan fingerprint density at radius 1 is 1.24 bits per heavy atom. The number of nitrogens with one attached hydrogen (secondary N) is 1. The van der Waals surface area contributed by atoms with Crippen LogP contribution in [0, 0.1) is 0 Å². The molecule has 1 N–H and O–H groups in total. The summed E-state index contributed by atoms with van der Waals surface area (Å²) in [4.78, 5) is 1.22. The molecule has 1 aromatic carbocycles. The Morgan fingerprint density at radius 3 is 2.62 bits per heavy atom. The predicted octanol–water partition coefficient (Wildman–Crippen LogP) is 5.02. The lowest BCUT2D eigenvalue weighted by molar-refractivity contribution is 0.309. The van der Waals surface area contributed by atoms with Gasteiger partial charge in [-0.3, -0.25) is 0 Å². The molecule has 0 aliphatic carbocycles. The zero-order valence-corrected chi connectivity index (χ0v) is 15.0. The molecule has 0 saturated carbocycles. The molecule has 2 rings (SSSR count). The van der Waals surface area contributed by atoms with Crippen molar-refractivity contribution in [3.63, 3.8) is 0 Å². The molecule has 0 fully saturated rings. The number of benzene rings is 1. The highest BCUT2D eigenvalue weighted by molar-refractivity contribution is 9.10. The predicted molar refractivity (Wildman–Crippen MR) is 94.3 cm³/mol. The minimum Gasteiger partial charge on any atom is -0.488 e. The molecule has 0 spiro atoms. The lowest BCUT2D eigenvalue weighted by atomic mass is 10.1. The van der Waals surface area contributed by atoms with Gasteiger partial charge in [0.15, 0.2) is 0 Å². The van der Waals surface area contributed by atoms with Crippen molar-refractivity contribution in [1.29, 1.82) is 0 Å². The van der Waals surface area contributed by atoms with Crippen molar-refractivity contribution in [3.8, 4) is 5.75 Å². The summed E-state index contributed by atoms with van der Waals surface area (Å²) in [6.07, 6.45) is 2.23. The molecule has 1 aromatic heterocycles. The van der Waals surface area contributed by atoms with Crippen LogP contribution in [0.25, 0.3) is 0 Å². The maximum absolute atomic E-state index is 5.82. The average molecular weight is 368 g/mol. The molecular weight excluding hydrogens is 346 g/mol. The Balaban J connectivity index is 1.83. The highest BCUT2D eigenvalue weighted by Crippen LogP contribution is 2.24. The second-order valence-electron chi connectivity index (χ2n) is 5.18. The first-order valence-electron chi connectivity index (χ1n) is 7.36. The van der Waals surface area contributed by atoms with Crippen LogP contribution in [0.2, 0.25) is 0 Å². The smallest absolute Gasteiger partial charge is 0.124 e. The maximum atomic E-state index is 5.82. The van der Waals surface area contributed by atoms with E-state index in [1.54, 1.807) is 11.3 Å². The van der Waals surface area contributed by atoms with Crippen LogP contribution in [0.1, 0.15) is 30.7 Å². The van der Waals surface area contributed by atoms with Crippen molar-refractivity contribution < 1.29 is 4.74 Å². The Morgan fingerprint density at radius 2 is 2.00 bits per heavy atom. The molecule has 2 aromatic rings. The Labute approximate surface area is 139 Å². The van der Waals surface area contributed by atoms with Crippen LogP contribution in [-0.2, 0) is 13.0 Å². The number of thiophene rings is 1. The molecule has 0 aliphatic rings. The first kappa shape index (κ1) is 16.5. The molecule has 2 nitrogen and oxygen atoms in total. The highest BCUT2D eigenvalue weighted by atomic mass is 79.9. The van der Waals surface area contributed by atoms with Crippen LogP contribution in [-0.4, -0.2) is 12.6 Å². The van der Waals surface area contributed by atoms with Crippen molar-refractivity contribution in [2.75, 3.05) is 6.54 Å². The van der Waals surface area contributed by atoms with E-state index in [1.807, 2.05) is 0 Å². The minimum atomic E-state index is 0.513. The fourth-order valence-corrected chi connectivity index (χ4v) is 3.49. The van der Waals surface area contributed by atoms with Gasteiger partial charge in [-0.1, -0.05) is 19.1 Å². The molecule has 21 heavy (non-hydrogen) atoms. The lowest BCUT2D eigenvalue weighted by Gasteiger charge is -2.13. The van der Waals surface area contributed by atoms with Gasteiger partial charge < -0.3 is 10.1 Å². The fraction of sp³-hybridized carbons (Fsp3) is 0.412. The number of halogens is 1. The third-order valence-electron chi connectivity index (χ3n) is 3.27.